The lowest BCUT2D eigenvalue weighted by atomic mass is 9.85. The van der Waals surface area contributed by atoms with Crippen LogP contribution in [-0.2, 0) is 10.0 Å². The van der Waals surface area contributed by atoms with E-state index in [4.69, 9.17) is 5.73 Å². The minimum absolute atomic E-state index is 0.308. The Hall–Kier alpha value is -0.700. The van der Waals surface area contributed by atoms with Crippen LogP contribution in [0.25, 0.3) is 0 Å². The van der Waals surface area contributed by atoms with Gasteiger partial charge in [-0.05, 0) is 45.7 Å². The second kappa shape index (κ2) is 5.49. The minimum atomic E-state index is -3.45. The molecule has 0 aromatic carbocycles. The maximum absolute atomic E-state index is 12.8. The Bertz CT molecular complexity index is 628. The number of piperidine rings is 2. The summed E-state index contributed by atoms with van der Waals surface area (Å²) in [6.07, 6.45) is 3.18. The van der Waals surface area contributed by atoms with Crippen molar-refractivity contribution in [3.05, 3.63) is 5.69 Å². The van der Waals surface area contributed by atoms with Gasteiger partial charge >= 0.3 is 0 Å². The van der Waals surface area contributed by atoms with Crippen molar-refractivity contribution in [3.63, 3.8) is 0 Å². The summed E-state index contributed by atoms with van der Waals surface area (Å²) in [6.45, 7) is 4.04. The summed E-state index contributed by atoms with van der Waals surface area (Å²) in [5, 5.41) is 0.318. The SMILES string of the molecule is Cc1nc(N)sc1S(=O)(=O)N1CCC2C(CCCN2C)C1. The van der Waals surface area contributed by atoms with Crippen molar-refractivity contribution in [1.82, 2.24) is 14.2 Å². The number of anilines is 1. The summed E-state index contributed by atoms with van der Waals surface area (Å²) in [6, 6.07) is 0.526. The number of aromatic nitrogens is 1. The van der Waals surface area contributed by atoms with Crippen LogP contribution in [0, 0.1) is 12.8 Å². The van der Waals surface area contributed by atoms with Crippen LogP contribution in [0.1, 0.15) is 25.0 Å². The van der Waals surface area contributed by atoms with Gasteiger partial charge in [0.25, 0.3) is 10.0 Å². The Morgan fingerprint density at radius 3 is 2.76 bits per heavy atom. The molecular weight excluding hydrogens is 308 g/mol. The molecule has 0 spiro atoms. The van der Waals surface area contributed by atoms with Crippen LogP contribution in [0.5, 0.6) is 0 Å². The first-order valence-corrected chi connectivity index (χ1v) is 9.58. The van der Waals surface area contributed by atoms with E-state index in [9.17, 15) is 8.42 Å². The molecule has 8 heteroatoms. The number of fused-ring (bicyclic) bond motifs is 1. The Kier molecular flexibility index (Phi) is 3.98. The van der Waals surface area contributed by atoms with Crippen molar-refractivity contribution in [2.45, 2.75) is 36.4 Å². The van der Waals surface area contributed by atoms with Crippen molar-refractivity contribution < 1.29 is 8.42 Å². The van der Waals surface area contributed by atoms with Gasteiger partial charge in [-0.2, -0.15) is 4.31 Å². The fraction of sp³-hybridized carbons (Fsp3) is 0.769. The Balaban J connectivity index is 1.83. The number of thiazole rings is 1. The molecule has 3 heterocycles. The largest absolute Gasteiger partial charge is 0.375 e. The molecule has 21 heavy (non-hydrogen) atoms. The number of likely N-dealkylation sites (tertiary alicyclic amines) is 1. The number of rotatable bonds is 2. The quantitative estimate of drug-likeness (QED) is 0.879. The Morgan fingerprint density at radius 2 is 2.10 bits per heavy atom. The number of nitrogen functional groups attached to an aromatic ring is 1. The minimum Gasteiger partial charge on any atom is -0.375 e. The first-order chi connectivity index (χ1) is 9.89. The number of sulfonamides is 1. The topological polar surface area (TPSA) is 79.5 Å². The van der Waals surface area contributed by atoms with Gasteiger partial charge in [0.2, 0.25) is 0 Å². The summed E-state index contributed by atoms with van der Waals surface area (Å²) in [7, 11) is -1.30. The maximum Gasteiger partial charge on any atom is 0.254 e. The lowest BCUT2D eigenvalue weighted by Crippen LogP contribution is -2.53. The average Bonchev–Trinajstić information content (AvgIpc) is 2.78. The van der Waals surface area contributed by atoms with E-state index in [-0.39, 0.29) is 0 Å². The monoisotopic (exact) mass is 330 g/mol. The number of nitrogens with two attached hydrogens (primary N) is 1. The molecule has 2 saturated heterocycles. The van der Waals surface area contributed by atoms with E-state index < -0.39 is 10.0 Å². The van der Waals surface area contributed by atoms with Crippen molar-refractivity contribution >= 4 is 26.5 Å². The fourth-order valence-corrected chi connectivity index (χ4v) is 6.54. The van der Waals surface area contributed by atoms with Gasteiger partial charge < -0.3 is 10.6 Å². The highest BCUT2D eigenvalue weighted by atomic mass is 32.2. The molecule has 2 aliphatic rings. The predicted molar refractivity (Wildman–Crippen MR) is 83.8 cm³/mol. The zero-order valence-electron chi connectivity index (χ0n) is 12.4. The second-order valence-corrected chi connectivity index (χ2v) is 9.19. The molecule has 118 valence electrons. The van der Waals surface area contributed by atoms with E-state index >= 15 is 0 Å². The van der Waals surface area contributed by atoms with Crippen LogP contribution in [0.15, 0.2) is 4.21 Å². The van der Waals surface area contributed by atoms with Crippen molar-refractivity contribution in [2.24, 2.45) is 5.92 Å². The first kappa shape index (κ1) is 15.2. The van der Waals surface area contributed by atoms with Gasteiger partial charge in [-0.1, -0.05) is 11.3 Å². The maximum atomic E-state index is 12.8. The van der Waals surface area contributed by atoms with Gasteiger partial charge in [0.1, 0.15) is 0 Å². The molecule has 2 unspecified atom stereocenters. The van der Waals surface area contributed by atoms with Gasteiger partial charge in [0.05, 0.1) is 5.69 Å². The Morgan fingerprint density at radius 1 is 1.33 bits per heavy atom. The number of aryl methyl sites for hydroxylation is 1. The third-order valence-electron chi connectivity index (χ3n) is 4.65. The molecule has 3 rings (SSSR count). The molecule has 0 amide bonds. The number of nitrogens with zero attached hydrogens (tertiary/aromatic N) is 3. The smallest absolute Gasteiger partial charge is 0.254 e. The predicted octanol–water partition coefficient (Wildman–Crippen LogP) is 1.14. The highest BCUT2D eigenvalue weighted by Gasteiger charge is 2.39. The summed E-state index contributed by atoms with van der Waals surface area (Å²) in [5.41, 5.74) is 6.16. The molecule has 2 fully saturated rings. The van der Waals surface area contributed by atoms with E-state index in [0.29, 0.717) is 40.1 Å². The molecule has 2 atom stereocenters. The summed E-state index contributed by atoms with van der Waals surface area (Å²) in [4.78, 5) is 6.43. The zero-order valence-corrected chi connectivity index (χ0v) is 14.1. The highest BCUT2D eigenvalue weighted by molar-refractivity contribution is 7.91. The molecule has 1 aromatic rings. The van der Waals surface area contributed by atoms with E-state index in [0.717, 1.165) is 37.1 Å². The van der Waals surface area contributed by atoms with E-state index in [1.54, 1.807) is 11.2 Å². The van der Waals surface area contributed by atoms with Crippen LogP contribution < -0.4 is 5.73 Å². The standard InChI is InChI=1S/C13H22N4O2S2/c1-9-12(20-13(14)15-9)21(18,19)17-7-5-11-10(8-17)4-3-6-16(11)2/h10-11H,3-8H2,1-2H3,(H2,14,15). The van der Waals surface area contributed by atoms with E-state index in [1.165, 1.54) is 0 Å². The van der Waals surface area contributed by atoms with Gasteiger partial charge in [-0.3, -0.25) is 0 Å². The molecule has 6 nitrogen and oxygen atoms in total. The Labute approximate surface area is 130 Å². The van der Waals surface area contributed by atoms with Gasteiger partial charge in [0.15, 0.2) is 9.34 Å². The van der Waals surface area contributed by atoms with Crippen molar-refractivity contribution in [2.75, 3.05) is 32.4 Å². The van der Waals surface area contributed by atoms with Crippen LogP contribution in [-0.4, -0.2) is 55.3 Å². The first-order valence-electron chi connectivity index (χ1n) is 7.33. The van der Waals surface area contributed by atoms with Crippen molar-refractivity contribution in [3.8, 4) is 0 Å². The van der Waals surface area contributed by atoms with Gasteiger partial charge in [0, 0.05) is 19.1 Å². The molecule has 0 aliphatic carbocycles. The third-order valence-corrected chi connectivity index (χ3v) is 8.09. The van der Waals surface area contributed by atoms with E-state index in [2.05, 4.69) is 16.9 Å². The molecule has 1 aromatic heterocycles. The summed E-state index contributed by atoms with van der Waals surface area (Å²) < 4.78 is 27.5. The number of hydrogen-bond acceptors (Lipinski definition) is 6. The third kappa shape index (κ3) is 2.69. The molecule has 0 saturated carbocycles. The van der Waals surface area contributed by atoms with Crippen molar-refractivity contribution in [1.29, 1.82) is 0 Å². The van der Waals surface area contributed by atoms with E-state index in [1.807, 2.05) is 0 Å². The summed E-state index contributed by atoms with van der Waals surface area (Å²) >= 11 is 1.07. The molecule has 2 aliphatic heterocycles. The fourth-order valence-electron chi connectivity index (χ4n) is 3.60. The highest BCUT2D eigenvalue weighted by Crippen LogP contribution is 2.34. The summed E-state index contributed by atoms with van der Waals surface area (Å²) in [5.74, 6) is 0.442. The molecule has 0 radical (unpaired) electrons. The zero-order chi connectivity index (χ0) is 15.2. The molecule has 0 bridgehead atoms. The van der Waals surface area contributed by atoms with Crippen LogP contribution in [0.2, 0.25) is 0 Å². The number of hydrogen-bond donors (Lipinski definition) is 1. The molecular formula is C13H22N4O2S2. The second-order valence-electron chi connectivity index (χ2n) is 6.03. The van der Waals surface area contributed by atoms with Crippen LogP contribution in [0.4, 0.5) is 5.13 Å². The van der Waals surface area contributed by atoms with Crippen LogP contribution in [0.3, 0.4) is 0 Å². The lowest BCUT2D eigenvalue weighted by molar-refractivity contribution is 0.0672. The molecule has 2 N–H and O–H groups in total. The normalized spacial score (nSPS) is 28.5. The van der Waals surface area contributed by atoms with Gasteiger partial charge in [-0.25, -0.2) is 13.4 Å². The average molecular weight is 330 g/mol. The van der Waals surface area contributed by atoms with Crippen LogP contribution >= 0.6 is 11.3 Å². The lowest BCUT2D eigenvalue weighted by Gasteiger charge is -2.45. The van der Waals surface area contributed by atoms with Gasteiger partial charge in [-0.15, -0.1) is 0 Å².